The zero-order valence-electron chi connectivity index (χ0n) is 15.1. The van der Waals surface area contributed by atoms with E-state index in [0.717, 1.165) is 17.8 Å². The number of urea groups is 1. The summed E-state index contributed by atoms with van der Waals surface area (Å²) >= 11 is 0. The van der Waals surface area contributed by atoms with Gasteiger partial charge in [-0.15, -0.1) is 0 Å². The van der Waals surface area contributed by atoms with Crippen LogP contribution in [0.25, 0.3) is 0 Å². The normalized spacial score (nSPS) is 11.2. The number of hydrogen-bond acceptors (Lipinski definition) is 1. The molecule has 0 radical (unpaired) electrons. The van der Waals surface area contributed by atoms with Gasteiger partial charge in [0.05, 0.1) is 0 Å². The van der Waals surface area contributed by atoms with Gasteiger partial charge in [-0.2, -0.15) is 0 Å². The monoisotopic (exact) mass is 324 g/mol. The first-order chi connectivity index (χ1) is 11.4. The Balaban J connectivity index is 1.91. The number of hydrogen-bond donors (Lipinski definition) is 2. The van der Waals surface area contributed by atoms with Crippen LogP contribution in [0.1, 0.15) is 51.7 Å². The number of unbranched alkanes of at least 4 members (excludes halogenated alkanes) is 1. The summed E-state index contributed by atoms with van der Waals surface area (Å²) in [6.07, 6.45) is 3.47. The molecule has 0 spiro atoms. The van der Waals surface area contributed by atoms with Crippen LogP contribution in [0.4, 0.5) is 16.2 Å². The Morgan fingerprint density at radius 1 is 0.875 bits per heavy atom. The molecule has 0 saturated carbocycles. The highest BCUT2D eigenvalue weighted by Crippen LogP contribution is 2.23. The summed E-state index contributed by atoms with van der Waals surface area (Å²) in [5.41, 5.74) is 4.26. The van der Waals surface area contributed by atoms with E-state index in [4.69, 9.17) is 0 Å². The van der Waals surface area contributed by atoms with Gasteiger partial charge in [0.25, 0.3) is 0 Å². The van der Waals surface area contributed by atoms with Crippen molar-refractivity contribution >= 4 is 17.4 Å². The van der Waals surface area contributed by atoms with Gasteiger partial charge in [-0.05, 0) is 53.6 Å². The molecule has 2 amide bonds. The fourth-order valence-electron chi connectivity index (χ4n) is 2.48. The smallest absolute Gasteiger partial charge is 0.308 e. The molecule has 0 atom stereocenters. The lowest BCUT2D eigenvalue weighted by Crippen LogP contribution is -2.19. The van der Waals surface area contributed by atoms with Gasteiger partial charge in [0.15, 0.2) is 0 Å². The number of carbonyl (C=O) groups is 1. The minimum atomic E-state index is -0.222. The number of nitrogens with one attached hydrogen (secondary N) is 2. The average molecular weight is 324 g/mol. The molecule has 2 rings (SSSR count). The summed E-state index contributed by atoms with van der Waals surface area (Å²) in [6.45, 7) is 8.71. The van der Waals surface area contributed by atoms with Crippen molar-refractivity contribution in [3.05, 3.63) is 59.7 Å². The zero-order chi connectivity index (χ0) is 17.6. The van der Waals surface area contributed by atoms with Crippen LogP contribution in [-0.4, -0.2) is 6.03 Å². The summed E-state index contributed by atoms with van der Waals surface area (Å²) in [5.74, 6) is 0. The van der Waals surface area contributed by atoms with Crippen LogP contribution >= 0.6 is 0 Å². The molecule has 0 fully saturated rings. The van der Waals surface area contributed by atoms with E-state index >= 15 is 0 Å². The standard InChI is InChI=1S/C21H28N2O/c1-5-6-7-16-8-12-18(13-9-16)22-20(24)23-19-14-10-17(11-15-19)21(2,3)4/h8-15H,5-7H2,1-4H3,(H2,22,23,24). The highest BCUT2D eigenvalue weighted by Gasteiger charge is 2.13. The molecule has 3 heteroatoms. The van der Waals surface area contributed by atoms with E-state index in [9.17, 15) is 4.79 Å². The first-order valence-electron chi connectivity index (χ1n) is 8.66. The van der Waals surface area contributed by atoms with Crippen molar-refractivity contribution in [3.8, 4) is 0 Å². The van der Waals surface area contributed by atoms with E-state index in [2.05, 4.69) is 62.6 Å². The first kappa shape index (κ1) is 18.1. The predicted molar refractivity (Wildman–Crippen MR) is 103 cm³/mol. The molecule has 3 nitrogen and oxygen atoms in total. The SMILES string of the molecule is CCCCc1ccc(NC(=O)Nc2ccc(C(C)(C)C)cc2)cc1. The second kappa shape index (κ2) is 8.00. The van der Waals surface area contributed by atoms with Crippen LogP contribution in [-0.2, 0) is 11.8 Å². The van der Waals surface area contributed by atoms with Crippen molar-refractivity contribution in [1.29, 1.82) is 0 Å². The van der Waals surface area contributed by atoms with Crippen molar-refractivity contribution < 1.29 is 4.79 Å². The number of carbonyl (C=O) groups excluding carboxylic acids is 1. The second-order valence-corrected chi connectivity index (χ2v) is 7.21. The van der Waals surface area contributed by atoms with Crippen LogP contribution in [0.15, 0.2) is 48.5 Å². The lowest BCUT2D eigenvalue weighted by Gasteiger charge is -2.19. The molecule has 0 aliphatic heterocycles. The highest BCUT2D eigenvalue weighted by molar-refractivity contribution is 5.99. The van der Waals surface area contributed by atoms with Gasteiger partial charge in [0.1, 0.15) is 0 Å². The Morgan fingerprint density at radius 2 is 1.38 bits per heavy atom. The van der Waals surface area contributed by atoms with Crippen LogP contribution in [0, 0.1) is 0 Å². The van der Waals surface area contributed by atoms with E-state index in [1.807, 2.05) is 24.3 Å². The van der Waals surface area contributed by atoms with Crippen molar-refractivity contribution in [2.45, 2.75) is 52.4 Å². The van der Waals surface area contributed by atoms with E-state index in [1.165, 1.54) is 24.0 Å². The fraction of sp³-hybridized carbons (Fsp3) is 0.381. The summed E-state index contributed by atoms with van der Waals surface area (Å²) in [6, 6.07) is 15.8. The fourth-order valence-corrected chi connectivity index (χ4v) is 2.48. The Bertz CT molecular complexity index is 652. The molecule has 0 unspecified atom stereocenters. The lowest BCUT2D eigenvalue weighted by molar-refractivity contribution is 0.262. The van der Waals surface area contributed by atoms with Gasteiger partial charge in [0, 0.05) is 11.4 Å². The van der Waals surface area contributed by atoms with Crippen LogP contribution in [0.2, 0.25) is 0 Å². The molecular weight excluding hydrogens is 296 g/mol. The maximum atomic E-state index is 12.1. The molecule has 2 N–H and O–H groups in total. The number of aryl methyl sites for hydroxylation is 1. The maximum absolute atomic E-state index is 12.1. The number of amides is 2. The molecule has 0 bridgehead atoms. The van der Waals surface area contributed by atoms with E-state index in [1.54, 1.807) is 0 Å². The molecule has 24 heavy (non-hydrogen) atoms. The summed E-state index contributed by atoms with van der Waals surface area (Å²) in [7, 11) is 0. The van der Waals surface area contributed by atoms with Crippen molar-refractivity contribution in [2.24, 2.45) is 0 Å². The van der Waals surface area contributed by atoms with E-state index < -0.39 is 0 Å². The Hall–Kier alpha value is -2.29. The molecular formula is C21H28N2O. The minimum absolute atomic E-state index is 0.111. The summed E-state index contributed by atoms with van der Waals surface area (Å²) in [5, 5.41) is 5.74. The molecule has 0 aromatic heterocycles. The Morgan fingerprint density at radius 3 is 1.83 bits per heavy atom. The zero-order valence-corrected chi connectivity index (χ0v) is 15.1. The minimum Gasteiger partial charge on any atom is -0.308 e. The third kappa shape index (κ3) is 5.41. The van der Waals surface area contributed by atoms with E-state index in [-0.39, 0.29) is 11.4 Å². The summed E-state index contributed by atoms with van der Waals surface area (Å²) < 4.78 is 0. The highest BCUT2D eigenvalue weighted by atomic mass is 16.2. The Kier molecular flexibility index (Phi) is 6.02. The topological polar surface area (TPSA) is 41.1 Å². The lowest BCUT2D eigenvalue weighted by atomic mass is 9.87. The molecule has 2 aromatic carbocycles. The van der Waals surface area contributed by atoms with Crippen molar-refractivity contribution in [2.75, 3.05) is 10.6 Å². The van der Waals surface area contributed by atoms with E-state index in [0.29, 0.717) is 0 Å². The third-order valence-electron chi connectivity index (χ3n) is 4.04. The largest absolute Gasteiger partial charge is 0.323 e. The van der Waals surface area contributed by atoms with Crippen molar-refractivity contribution in [3.63, 3.8) is 0 Å². The van der Waals surface area contributed by atoms with Gasteiger partial charge >= 0.3 is 6.03 Å². The number of rotatable bonds is 5. The van der Waals surface area contributed by atoms with Gasteiger partial charge in [-0.3, -0.25) is 0 Å². The van der Waals surface area contributed by atoms with Crippen molar-refractivity contribution in [1.82, 2.24) is 0 Å². The van der Waals surface area contributed by atoms with Gasteiger partial charge in [0.2, 0.25) is 0 Å². The molecule has 2 aromatic rings. The van der Waals surface area contributed by atoms with Gasteiger partial charge < -0.3 is 10.6 Å². The predicted octanol–water partition coefficient (Wildman–Crippen LogP) is 5.97. The molecule has 0 saturated heterocycles. The molecule has 0 aliphatic rings. The molecule has 0 heterocycles. The summed E-state index contributed by atoms with van der Waals surface area (Å²) in [4.78, 5) is 12.1. The molecule has 128 valence electrons. The van der Waals surface area contributed by atoms with Crippen LogP contribution < -0.4 is 10.6 Å². The third-order valence-corrected chi connectivity index (χ3v) is 4.04. The number of benzene rings is 2. The second-order valence-electron chi connectivity index (χ2n) is 7.21. The van der Waals surface area contributed by atoms with Gasteiger partial charge in [-0.25, -0.2) is 4.79 Å². The van der Waals surface area contributed by atoms with Crippen LogP contribution in [0.5, 0.6) is 0 Å². The maximum Gasteiger partial charge on any atom is 0.323 e. The quantitative estimate of drug-likeness (QED) is 0.699. The first-order valence-corrected chi connectivity index (χ1v) is 8.66. The van der Waals surface area contributed by atoms with Crippen LogP contribution in [0.3, 0.4) is 0 Å². The average Bonchev–Trinajstić information content (AvgIpc) is 2.54. The van der Waals surface area contributed by atoms with Gasteiger partial charge in [-0.1, -0.05) is 58.4 Å². The number of anilines is 2. The molecule has 0 aliphatic carbocycles. The Labute approximate surface area is 145 Å².